The van der Waals surface area contributed by atoms with Gasteiger partial charge in [-0.3, -0.25) is 4.79 Å². The number of amidine groups is 1. The molecule has 0 spiro atoms. The molecule has 0 aliphatic heterocycles. The van der Waals surface area contributed by atoms with Gasteiger partial charge in [0.15, 0.2) is 12.4 Å². The lowest BCUT2D eigenvalue weighted by molar-refractivity contribution is -0.131. The molecule has 0 fully saturated rings. The highest BCUT2D eigenvalue weighted by Crippen LogP contribution is 2.12. The smallest absolute Gasteiger partial charge is 0.260 e. The Kier molecular flexibility index (Phi) is 6.72. The highest BCUT2D eigenvalue weighted by atomic mass is 32.2. The number of likely N-dealkylation sites (N-methyl/N-ethyl adjacent to an activating group) is 1. The molecule has 1 aromatic carbocycles. The molecule has 0 aromatic heterocycles. The third kappa shape index (κ3) is 5.00. The molecule has 0 atom stereocenters. The molecule has 1 rings (SSSR count). The molecule has 0 unspecified atom stereocenters. The minimum Gasteiger partial charge on any atom is -0.484 e. The molecule has 3 N–H and O–H groups in total. The molecular formula is C13H19N3O3S. The Balaban J connectivity index is 2.47. The van der Waals surface area contributed by atoms with Gasteiger partial charge >= 0.3 is 0 Å². The van der Waals surface area contributed by atoms with Crippen LogP contribution in [0.1, 0.15) is 5.56 Å². The fraction of sp³-hybridized carbons (Fsp3) is 0.385. The van der Waals surface area contributed by atoms with E-state index in [1.54, 1.807) is 48.0 Å². The van der Waals surface area contributed by atoms with E-state index in [2.05, 4.69) is 5.16 Å². The SMILES string of the molecule is CSCCN(C)C(=O)COc1ccc(/C(N)=N/O)cc1. The van der Waals surface area contributed by atoms with Gasteiger partial charge in [-0.25, -0.2) is 0 Å². The van der Waals surface area contributed by atoms with Crippen LogP contribution in [0.2, 0.25) is 0 Å². The van der Waals surface area contributed by atoms with E-state index in [0.29, 0.717) is 17.9 Å². The summed E-state index contributed by atoms with van der Waals surface area (Å²) in [6.07, 6.45) is 2.00. The number of amides is 1. The Morgan fingerprint density at radius 3 is 2.65 bits per heavy atom. The Bertz CT molecular complexity index is 462. The van der Waals surface area contributed by atoms with E-state index in [1.165, 1.54) is 0 Å². The molecule has 0 saturated heterocycles. The van der Waals surface area contributed by atoms with E-state index in [1.807, 2.05) is 6.26 Å². The van der Waals surface area contributed by atoms with E-state index in [0.717, 1.165) is 5.75 Å². The third-order valence-electron chi connectivity index (χ3n) is 2.68. The number of nitrogens with zero attached hydrogens (tertiary/aromatic N) is 2. The van der Waals surface area contributed by atoms with Gasteiger partial charge in [0.05, 0.1) is 0 Å². The van der Waals surface area contributed by atoms with Crippen molar-refractivity contribution in [2.45, 2.75) is 0 Å². The number of thioether (sulfide) groups is 1. The fourth-order valence-electron chi connectivity index (χ4n) is 1.39. The van der Waals surface area contributed by atoms with Crippen LogP contribution in [0.25, 0.3) is 0 Å². The average molecular weight is 297 g/mol. The van der Waals surface area contributed by atoms with Gasteiger partial charge in [-0.15, -0.1) is 0 Å². The van der Waals surface area contributed by atoms with Crippen LogP contribution < -0.4 is 10.5 Å². The molecule has 110 valence electrons. The molecule has 0 radical (unpaired) electrons. The Hall–Kier alpha value is -1.89. The number of carbonyl (C=O) groups is 1. The number of nitrogens with two attached hydrogens (primary N) is 1. The van der Waals surface area contributed by atoms with Crippen LogP contribution in [0.4, 0.5) is 0 Å². The van der Waals surface area contributed by atoms with Crippen LogP contribution in [0.5, 0.6) is 5.75 Å². The van der Waals surface area contributed by atoms with E-state index < -0.39 is 0 Å². The second-order valence-corrected chi connectivity index (χ2v) is 5.09. The predicted octanol–water partition coefficient (Wildman–Crippen LogP) is 0.981. The topological polar surface area (TPSA) is 88.2 Å². The van der Waals surface area contributed by atoms with Gasteiger partial charge < -0.3 is 20.6 Å². The summed E-state index contributed by atoms with van der Waals surface area (Å²) in [7, 11) is 1.75. The lowest BCUT2D eigenvalue weighted by atomic mass is 10.2. The molecule has 20 heavy (non-hydrogen) atoms. The van der Waals surface area contributed by atoms with Crippen LogP contribution in [0.3, 0.4) is 0 Å². The van der Waals surface area contributed by atoms with Crippen molar-refractivity contribution in [1.82, 2.24) is 4.90 Å². The van der Waals surface area contributed by atoms with Crippen molar-refractivity contribution >= 4 is 23.5 Å². The first-order valence-corrected chi connectivity index (χ1v) is 7.41. The molecule has 0 heterocycles. The van der Waals surface area contributed by atoms with Crippen molar-refractivity contribution in [3.63, 3.8) is 0 Å². The highest BCUT2D eigenvalue weighted by Gasteiger charge is 2.09. The maximum absolute atomic E-state index is 11.8. The van der Waals surface area contributed by atoms with Crippen LogP contribution in [-0.4, -0.2) is 54.1 Å². The average Bonchev–Trinajstić information content (AvgIpc) is 2.49. The summed E-state index contributed by atoms with van der Waals surface area (Å²) in [6, 6.07) is 6.66. The number of hydrogen-bond acceptors (Lipinski definition) is 5. The minimum absolute atomic E-state index is 0.00615. The van der Waals surface area contributed by atoms with Gasteiger partial charge in [0.1, 0.15) is 5.75 Å². The molecule has 6 nitrogen and oxygen atoms in total. The number of oxime groups is 1. The largest absolute Gasteiger partial charge is 0.484 e. The van der Waals surface area contributed by atoms with Crippen LogP contribution in [-0.2, 0) is 4.79 Å². The maximum atomic E-state index is 11.8. The van der Waals surface area contributed by atoms with Gasteiger partial charge in [0, 0.05) is 24.9 Å². The summed E-state index contributed by atoms with van der Waals surface area (Å²) < 4.78 is 5.40. The first kappa shape index (κ1) is 16.2. The Labute approximate surface area is 122 Å². The lowest BCUT2D eigenvalue weighted by Crippen LogP contribution is -2.33. The second-order valence-electron chi connectivity index (χ2n) is 4.11. The van der Waals surface area contributed by atoms with Gasteiger partial charge in [-0.05, 0) is 30.5 Å². The summed E-state index contributed by atoms with van der Waals surface area (Å²) in [4.78, 5) is 13.4. The maximum Gasteiger partial charge on any atom is 0.260 e. The number of hydrogen-bond donors (Lipinski definition) is 2. The molecular weight excluding hydrogens is 278 g/mol. The van der Waals surface area contributed by atoms with Crippen molar-refractivity contribution < 1.29 is 14.7 Å². The van der Waals surface area contributed by atoms with Crippen molar-refractivity contribution in [3.05, 3.63) is 29.8 Å². The normalized spacial score (nSPS) is 11.2. The summed E-state index contributed by atoms with van der Waals surface area (Å²) in [5.41, 5.74) is 6.04. The zero-order valence-electron chi connectivity index (χ0n) is 11.6. The molecule has 0 saturated carbocycles. The molecule has 0 aliphatic carbocycles. The van der Waals surface area contributed by atoms with Gasteiger partial charge in [-0.1, -0.05) is 5.16 Å². The molecule has 0 aliphatic rings. The van der Waals surface area contributed by atoms with E-state index in [4.69, 9.17) is 15.7 Å². The van der Waals surface area contributed by atoms with Crippen molar-refractivity contribution in [2.24, 2.45) is 10.9 Å². The quantitative estimate of drug-likeness (QED) is 0.339. The van der Waals surface area contributed by atoms with Crippen molar-refractivity contribution in [2.75, 3.05) is 32.2 Å². The summed E-state index contributed by atoms with van der Waals surface area (Å²) >= 11 is 1.69. The molecule has 1 aromatic rings. The second kappa shape index (κ2) is 8.31. The summed E-state index contributed by atoms with van der Waals surface area (Å²) in [5, 5.41) is 11.5. The monoisotopic (exact) mass is 297 g/mol. The first-order valence-electron chi connectivity index (χ1n) is 6.02. The Morgan fingerprint density at radius 1 is 1.45 bits per heavy atom. The van der Waals surface area contributed by atoms with Crippen LogP contribution >= 0.6 is 11.8 Å². The number of rotatable bonds is 7. The summed E-state index contributed by atoms with van der Waals surface area (Å²) in [5.74, 6) is 1.42. The van der Waals surface area contributed by atoms with Crippen molar-refractivity contribution in [1.29, 1.82) is 0 Å². The molecule has 0 bridgehead atoms. The van der Waals surface area contributed by atoms with Gasteiger partial charge in [0.2, 0.25) is 0 Å². The van der Waals surface area contributed by atoms with E-state index in [9.17, 15) is 4.79 Å². The number of benzene rings is 1. The molecule has 1 amide bonds. The van der Waals surface area contributed by atoms with E-state index >= 15 is 0 Å². The third-order valence-corrected chi connectivity index (χ3v) is 3.27. The first-order chi connectivity index (χ1) is 9.58. The van der Waals surface area contributed by atoms with Crippen LogP contribution in [0.15, 0.2) is 29.4 Å². The fourth-order valence-corrected chi connectivity index (χ4v) is 1.84. The van der Waals surface area contributed by atoms with Crippen LogP contribution in [0, 0.1) is 0 Å². The van der Waals surface area contributed by atoms with Gasteiger partial charge in [0.25, 0.3) is 5.91 Å². The Morgan fingerprint density at radius 2 is 2.10 bits per heavy atom. The zero-order valence-corrected chi connectivity index (χ0v) is 12.4. The predicted molar refractivity (Wildman–Crippen MR) is 80.5 cm³/mol. The number of carbonyl (C=O) groups excluding carboxylic acids is 1. The van der Waals surface area contributed by atoms with E-state index in [-0.39, 0.29) is 18.3 Å². The molecule has 7 heteroatoms. The summed E-state index contributed by atoms with van der Waals surface area (Å²) in [6.45, 7) is 0.694. The zero-order chi connectivity index (χ0) is 15.0. The number of ether oxygens (including phenoxy) is 1. The van der Waals surface area contributed by atoms with Crippen molar-refractivity contribution in [3.8, 4) is 5.75 Å². The minimum atomic E-state index is -0.0699. The lowest BCUT2D eigenvalue weighted by Gasteiger charge is -2.16. The highest BCUT2D eigenvalue weighted by molar-refractivity contribution is 7.98. The standard InChI is InChI=1S/C13H19N3O3S/c1-16(7-8-20-2)12(17)9-19-11-5-3-10(4-6-11)13(14)15-18/h3-6,18H,7-9H2,1-2H3,(H2,14,15). The van der Waals surface area contributed by atoms with Gasteiger partial charge in [-0.2, -0.15) is 11.8 Å².